The van der Waals surface area contributed by atoms with Crippen LogP contribution < -0.4 is 0 Å². The average molecular weight is 343 g/mol. The average Bonchev–Trinajstić information content (AvgIpc) is 2.61. The Labute approximate surface area is 158 Å². The summed E-state index contributed by atoms with van der Waals surface area (Å²) in [4.78, 5) is 0. The van der Waals surface area contributed by atoms with E-state index >= 15 is 0 Å². The Morgan fingerprint density at radius 3 is 1.38 bits per heavy atom. The van der Waals surface area contributed by atoms with Gasteiger partial charge < -0.3 is 0 Å². The fourth-order valence-electron chi connectivity index (χ4n) is 3.17. The topological polar surface area (TPSA) is 0 Å². The van der Waals surface area contributed by atoms with Gasteiger partial charge in [-0.2, -0.15) is 0 Å². The van der Waals surface area contributed by atoms with Crippen molar-refractivity contribution in [3.63, 3.8) is 0 Å². The van der Waals surface area contributed by atoms with Gasteiger partial charge in [-0.15, -0.1) is 0 Å². The second-order valence-corrected chi connectivity index (χ2v) is 9.25. The van der Waals surface area contributed by atoms with E-state index in [0.29, 0.717) is 0 Å². The maximum atomic E-state index is 2.38. The highest BCUT2D eigenvalue weighted by Gasteiger charge is 2.20. The molecule has 26 heavy (non-hydrogen) atoms. The molecule has 0 N–H and O–H groups in total. The molecular formula is C26H30. The van der Waals surface area contributed by atoms with Crippen LogP contribution in [-0.4, -0.2) is 0 Å². The van der Waals surface area contributed by atoms with Crippen molar-refractivity contribution in [2.75, 3.05) is 0 Å². The summed E-state index contributed by atoms with van der Waals surface area (Å²) in [5, 5.41) is 0. The summed E-state index contributed by atoms with van der Waals surface area (Å²) in [7, 11) is 0. The third-order valence-electron chi connectivity index (χ3n) is 4.97. The molecule has 0 aromatic heterocycles. The van der Waals surface area contributed by atoms with Crippen LogP contribution in [0.1, 0.15) is 52.7 Å². The molecule has 3 aromatic carbocycles. The molecule has 0 bridgehead atoms. The van der Waals surface area contributed by atoms with Gasteiger partial charge in [0.25, 0.3) is 0 Å². The first-order chi connectivity index (χ1) is 12.1. The zero-order valence-corrected chi connectivity index (χ0v) is 16.9. The van der Waals surface area contributed by atoms with Gasteiger partial charge in [0.2, 0.25) is 0 Å². The standard InChI is InChI=1S/C26H30/c1-25(2,3)23-16-22(17-24(18-23)26(4,5)6)21-14-10-13-20(15-21)19-11-8-7-9-12-19/h7-18H,1-6H3. The van der Waals surface area contributed by atoms with Gasteiger partial charge in [-0.05, 0) is 50.3 Å². The van der Waals surface area contributed by atoms with E-state index in [1.54, 1.807) is 0 Å². The summed E-state index contributed by atoms with van der Waals surface area (Å²) in [5.41, 5.74) is 8.16. The van der Waals surface area contributed by atoms with Crippen molar-refractivity contribution in [1.82, 2.24) is 0 Å². The SMILES string of the molecule is CC(C)(C)c1cc(-c2cccc(-c3ccccc3)c2)cc(C(C)(C)C)c1. The lowest BCUT2D eigenvalue weighted by molar-refractivity contribution is 0.569. The Balaban J connectivity index is 2.15. The Kier molecular flexibility index (Phi) is 4.80. The number of benzene rings is 3. The maximum absolute atomic E-state index is 2.38. The molecule has 0 heterocycles. The molecule has 0 radical (unpaired) electrons. The van der Waals surface area contributed by atoms with Gasteiger partial charge in [0, 0.05) is 0 Å². The number of rotatable bonds is 2. The fourth-order valence-corrected chi connectivity index (χ4v) is 3.17. The van der Waals surface area contributed by atoms with E-state index in [4.69, 9.17) is 0 Å². The lowest BCUT2D eigenvalue weighted by Crippen LogP contribution is -2.16. The third-order valence-corrected chi connectivity index (χ3v) is 4.97. The van der Waals surface area contributed by atoms with E-state index < -0.39 is 0 Å². The minimum absolute atomic E-state index is 0.132. The van der Waals surface area contributed by atoms with Crippen LogP contribution in [0.25, 0.3) is 22.3 Å². The molecule has 0 atom stereocenters. The highest BCUT2D eigenvalue weighted by Crippen LogP contribution is 2.35. The molecule has 134 valence electrons. The molecule has 0 aliphatic heterocycles. The van der Waals surface area contributed by atoms with E-state index in [9.17, 15) is 0 Å². The third kappa shape index (κ3) is 4.07. The first kappa shape index (κ1) is 18.5. The van der Waals surface area contributed by atoms with Crippen LogP contribution in [-0.2, 0) is 10.8 Å². The molecule has 0 heteroatoms. The van der Waals surface area contributed by atoms with E-state index in [1.807, 2.05) is 0 Å². The predicted molar refractivity (Wildman–Crippen MR) is 115 cm³/mol. The fraction of sp³-hybridized carbons (Fsp3) is 0.308. The minimum atomic E-state index is 0.132. The van der Waals surface area contributed by atoms with Crippen LogP contribution in [0.2, 0.25) is 0 Å². The molecule has 3 rings (SSSR count). The van der Waals surface area contributed by atoms with Crippen molar-refractivity contribution in [3.05, 3.63) is 83.9 Å². The van der Waals surface area contributed by atoms with Crippen molar-refractivity contribution >= 4 is 0 Å². The quantitative estimate of drug-likeness (QED) is 0.449. The minimum Gasteiger partial charge on any atom is -0.0622 e. The number of hydrogen-bond acceptors (Lipinski definition) is 0. The maximum Gasteiger partial charge on any atom is -0.0132 e. The Hall–Kier alpha value is -2.34. The monoisotopic (exact) mass is 342 g/mol. The van der Waals surface area contributed by atoms with Crippen molar-refractivity contribution in [3.8, 4) is 22.3 Å². The first-order valence-electron chi connectivity index (χ1n) is 9.46. The molecule has 0 unspecified atom stereocenters. The zero-order valence-electron chi connectivity index (χ0n) is 16.9. The van der Waals surface area contributed by atoms with Gasteiger partial charge in [-0.3, -0.25) is 0 Å². The van der Waals surface area contributed by atoms with Gasteiger partial charge in [0.1, 0.15) is 0 Å². The lowest BCUT2D eigenvalue weighted by Gasteiger charge is -2.26. The van der Waals surface area contributed by atoms with E-state index in [-0.39, 0.29) is 10.8 Å². The number of hydrogen-bond donors (Lipinski definition) is 0. The smallest absolute Gasteiger partial charge is 0.0132 e. The Morgan fingerprint density at radius 1 is 0.423 bits per heavy atom. The Bertz CT molecular complexity index is 855. The Morgan fingerprint density at radius 2 is 0.885 bits per heavy atom. The molecule has 0 nitrogen and oxygen atoms in total. The summed E-state index contributed by atoms with van der Waals surface area (Å²) >= 11 is 0. The molecule has 0 spiro atoms. The highest BCUT2D eigenvalue weighted by atomic mass is 14.3. The highest BCUT2D eigenvalue weighted by molar-refractivity contribution is 5.74. The summed E-state index contributed by atoms with van der Waals surface area (Å²) in [6.07, 6.45) is 0. The van der Waals surface area contributed by atoms with Gasteiger partial charge in [0.15, 0.2) is 0 Å². The second-order valence-electron chi connectivity index (χ2n) is 9.25. The molecule has 0 saturated heterocycles. The molecular weight excluding hydrogens is 312 g/mol. The van der Waals surface area contributed by atoms with Crippen LogP contribution in [0.3, 0.4) is 0 Å². The zero-order chi connectivity index (χ0) is 18.9. The van der Waals surface area contributed by atoms with Crippen LogP contribution in [0, 0.1) is 0 Å². The molecule has 0 fully saturated rings. The van der Waals surface area contributed by atoms with Crippen molar-refractivity contribution in [1.29, 1.82) is 0 Å². The summed E-state index contributed by atoms with van der Waals surface area (Å²) in [5.74, 6) is 0. The van der Waals surface area contributed by atoms with Crippen molar-refractivity contribution in [2.24, 2.45) is 0 Å². The van der Waals surface area contributed by atoms with Gasteiger partial charge in [-0.25, -0.2) is 0 Å². The normalized spacial score (nSPS) is 12.2. The van der Waals surface area contributed by atoms with Crippen LogP contribution in [0.4, 0.5) is 0 Å². The summed E-state index contributed by atoms with van der Waals surface area (Å²) in [6, 6.07) is 26.6. The predicted octanol–water partition coefficient (Wildman–Crippen LogP) is 7.62. The largest absolute Gasteiger partial charge is 0.0622 e. The van der Waals surface area contributed by atoms with Crippen LogP contribution in [0.5, 0.6) is 0 Å². The molecule has 0 amide bonds. The van der Waals surface area contributed by atoms with Crippen LogP contribution in [0.15, 0.2) is 72.8 Å². The lowest BCUT2D eigenvalue weighted by atomic mass is 9.79. The van der Waals surface area contributed by atoms with Gasteiger partial charge >= 0.3 is 0 Å². The first-order valence-corrected chi connectivity index (χ1v) is 9.46. The van der Waals surface area contributed by atoms with Gasteiger partial charge in [0.05, 0.1) is 0 Å². The van der Waals surface area contributed by atoms with Crippen molar-refractivity contribution in [2.45, 2.75) is 52.4 Å². The van der Waals surface area contributed by atoms with E-state index in [1.165, 1.54) is 33.4 Å². The summed E-state index contributed by atoms with van der Waals surface area (Å²) < 4.78 is 0. The molecule has 0 aliphatic carbocycles. The molecule has 0 saturated carbocycles. The van der Waals surface area contributed by atoms with E-state index in [0.717, 1.165) is 0 Å². The second kappa shape index (κ2) is 6.76. The molecule has 3 aromatic rings. The summed E-state index contributed by atoms with van der Waals surface area (Å²) in [6.45, 7) is 13.7. The van der Waals surface area contributed by atoms with E-state index in [2.05, 4.69) is 114 Å². The van der Waals surface area contributed by atoms with Gasteiger partial charge in [-0.1, -0.05) is 108 Å². The van der Waals surface area contributed by atoms with Crippen molar-refractivity contribution < 1.29 is 0 Å². The molecule has 0 aliphatic rings. The van der Waals surface area contributed by atoms with Crippen LogP contribution >= 0.6 is 0 Å².